The maximum absolute atomic E-state index is 13.3. The second-order valence-corrected chi connectivity index (χ2v) is 10.2. The van der Waals surface area contributed by atoms with E-state index in [1.807, 2.05) is 37.3 Å². The fourth-order valence-electron chi connectivity index (χ4n) is 3.15. The number of thioether (sulfide) groups is 1. The van der Waals surface area contributed by atoms with Crippen LogP contribution in [-0.4, -0.2) is 33.2 Å². The summed E-state index contributed by atoms with van der Waals surface area (Å²) in [4.78, 5) is 12.8. The van der Waals surface area contributed by atoms with Gasteiger partial charge in [0, 0.05) is 18.1 Å². The normalized spacial score (nSPS) is 11.2. The first-order valence-electron chi connectivity index (χ1n) is 10.6. The monoisotopic (exact) mass is 468 g/mol. The highest BCUT2D eigenvalue weighted by Gasteiger charge is 2.26. The number of rotatable bonds is 11. The Bertz CT molecular complexity index is 1090. The van der Waals surface area contributed by atoms with Crippen LogP contribution in [0.2, 0.25) is 0 Å². The number of benzene rings is 3. The zero-order valence-electron chi connectivity index (χ0n) is 18.1. The molecule has 0 aromatic heterocycles. The van der Waals surface area contributed by atoms with Crippen molar-refractivity contribution >= 4 is 33.4 Å². The fourth-order valence-corrected chi connectivity index (χ4v) is 5.41. The summed E-state index contributed by atoms with van der Waals surface area (Å²) < 4.78 is 27.8. The highest BCUT2D eigenvalue weighted by atomic mass is 32.2. The minimum atomic E-state index is -3.87. The third-order valence-electron chi connectivity index (χ3n) is 4.93. The number of sulfonamides is 1. The van der Waals surface area contributed by atoms with Crippen molar-refractivity contribution in [1.29, 1.82) is 0 Å². The number of nitrogens with zero attached hydrogens (tertiary/aromatic N) is 1. The van der Waals surface area contributed by atoms with Gasteiger partial charge >= 0.3 is 0 Å². The summed E-state index contributed by atoms with van der Waals surface area (Å²) in [5.41, 5.74) is 2.81. The molecule has 1 N–H and O–H groups in total. The van der Waals surface area contributed by atoms with Crippen molar-refractivity contribution in [3.63, 3.8) is 0 Å². The van der Waals surface area contributed by atoms with E-state index in [1.54, 1.807) is 54.2 Å². The Kier molecular flexibility index (Phi) is 8.76. The zero-order chi connectivity index (χ0) is 22.8. The van der Waals surface area contributed by atoms with Gasteiger partial charge in [-0.25, -0.2) is 8.42 Å². The first-order valence-corrected chi connectivity index (χ1v) is 13.2. The van der Waals surface area contributed by atoms with Crippen molar-refractivity contribution in [2.45, 2.75) is 24.0 Å². The highest BCUT2D eigenvalue weighted by molar-refractivity contribution is 7.98. The predicted octanol–water partition coefficient (Wildman–Crippen LogP) is 4.49. The van der Waals surface area contributed by atoms with Crippen molar-refractivity contribution in [3.8, 4) is 0 Å². The van der Waals surface area contributed by atoms with E-state index < -0.39 is 10.0 Å². The van der Waals surface area contributed by atoms with Crippen molar-refractivity contribution in [2.75, 3.05) is 23.1 Å². The molecule has 0 radical (unpaired) electrons. The van der Waals surface area contributed by atoms with Crippen molar-refractivity contribution < 1.29 is 13.2 Å². The SMILES string of the molecule is CCc1ccc(N(CC(=O)NCCSCc2ccccc2)S(=O)(=O)c2ccccc2)cc1. The lowest BCUT2D eigenvalue weighted by molar-refractivity contribution is -0.119. The van der Waals surface area contributed by atoms with Crippen LogP contribution in [0.1, 0.15) is 18.1 Å². The summed E-state index contributed by atoms with van der Waals surface area (Å²) in [6, 6.07) is 25.6. The molecule has 3 aromatic carbocycles. The summed E-state index contributed by atoms with van der Waals surface area (Å²) in [6.07, 6.45) is 0.854. The third kappa shape index (κ3) is 6.61. The Labute approximate surface area is 194 Å². The topological polar surface area (TPSA) is 66.5 Å². The second kappa shape index (κ2) is 11.7. The molecule has 0 spiro atoms. The molecule has 0 heterocycles. The van der Waals surface area contributed by atoms with Crippen LogP contribution in [0.5, 0.6) is 0 Å². The van der Waals surface area contributed by atoms with E-state index >= 15 is 0 Å². The summed E-state index contributed by atoms with van der Waals surface area (Å²) in [6.45, 7) is 2.24. The lowest BCUT2D eigenvalue weighted by Crippen LogP contribution is -2.41. The number of hydrogen-bond donors (Lipinski definition) is 1. The number of amides is 1. The Balaban J connectivity index is 1.64. The maximum atomic E-state index is 13.3. The van der Waals surface area contributed by atoms with E-state index in [9.17, 15) is 13.2 Å². The highest BCUT2D eigenvalue weighted by Crippen LogP contribution is 2.24. The van der Waals surface area contributed by atoms with Crippen molar-refractivity contribution in [3.05, 3.63) is 96.1 Å². The molecule has 168 valence electrons. The number of hydrogen-bond acceptors (Lipinski definition) is 4. The smallest absolute Gasteiger partial charge is 0.264 e. The average Bonchev–Trinajstić information content (AvgIpc) is 2.83. The van der Waals surface area contributed by atoms with Gasteiger partial charge in [-0.2, -0.15) is 11.8 Å². The van der Waals surface area contributed by atoms with Crippen molar-refractivity contribution in [1.82, 2.24) is 5.32 Å². The lowest BCUT2D eigenvalue weighted by Gasteiger charge is -2.24. The van der Waals surface area contributed by atoms with Gasteiger partial charge in [-0.3, -0.25) is 9.10 Å². The molecule has 0 saturated heterocycles. The summed E-state index contributed by atoms with van der Waals surface area (Å²) in [7, 11) is -3.87. The van der Waals surface area contributed by atoms with E-state index in [0.29, 0.717) is 12.2 Å². The van der Waals surface area contributed by atoms with Crippen LogP contribution in [-0.2, 0) is 27.0 Å². The fraction of sp³-hybridized carbons (Fsp3) is 0.240. The van der Waals surface area contributed by atoms with Gasteiger partial charge in [0.1, 0.15) is 6.54 Å². The molecule has 32 heavy (non-hydrogen) atoms. The zero-order valence-corrected chi connectivity index (χ0v) is 19.7. The molecule has 0 saturated carbocycles. The minimum Gasteiger partial charge on any atom is -0.354 e. The summed E-state index contributed by atoms with van der Waals surface area (Å²) >= 11 is 1.72. The van der Waals surface area contributed by atoms with Crippen LogP contribution in [0.3, 0.4) is 0 Å². The summed E-state index contributed by atoms with van der Waals surface area (Å²) in [5, 5.41) is 2.85. The Morgan fingerprint density at radius 3 is 2.12 bits per heavy atom. The molecule has 5 nitrogen and oxygen atoms in total. The number of aryl methyl sites for hydroxylation is 1. The van der Waals surface area contributed by atoms with Crippen LogP contribution >= 0.6 is 11.8 Å². The molecular formula is C25H28N2O3S2. The van der Waals surface area contributed by atoms with E-state index in [2.05, 4.69) is 17.4 Å². The average molecular weight is 469 g/mol. The minimum absolute atomic E-state index is 0.158. The van der Waals surface area contributed by atoms with Crippen LogP contribution < -0.4 is 9.62 Å². The van der Waals surface area contributed by atoms with Gasteiger partial charge in [0.05, 0.1) is 10.6 Å². The van der Waals surface area contributed by atoms with Crippen LogP contribution in [0.25, 0.3) is 0 Å². The van der Waals surface area contributed by atoms with Gasteiger partial charge in [-0.15, -0.1) is 0 Å². The van der Waals surface area contributed by atoms with Crippen molar-refractivity contribution in [2.24, 2.45) is 0 Å². The second-order valence-electron chi connectivity index (χ2n) is 7.23. The Morgan fingerprint density at radius 1 is 0.875 bits per heavy atom. The molecule has 0 aliphatic rings. The number of anilines is 1. The molecule has 0 bridgehead atoms. The standard InChI is InChI=1S/C25H28N2O3S2/c1-2-21-13-15-23(16-14-21)27(32(29,30)24-11-7-4-8-12-24)19-25(28)26-17-18-31-20-22-9-5-3-6-10-22/h3-16H,2,17-20H2,1H3,(H,26,28). The van der Waals surface area contributed by atoms with Crippen LogP contribution in [0.4, 0.5) is 5.69 Å². The first-order chi connectivity index (χ1) is 15.5. The van der Waals surface area contributed by atoms with Crippen LogP contribution in [0.15, 0.2) is 89.8 Å². The molecule has 7 heteroatoms. The maximum Gasteiger partial charge on any atom is 0.264 e. The lowest BCUT2D eigenvalue weighted by atomic mass is 10.1. The third-order valence-corrected chi connectivity index (χ3v) is 7.75. The first kappa shape index (κ1) is 23.9. The summed E-state index contributed by atoms with van der Waals surface area (Å²) in [5.74, 6) is 1.29. The van der Waals surface area contributed by atoms with Gasteiger partial charge in [0.2, 0.25) is 5.91 Å². The van der Waals surface area contributed by atoms with Gasteiger partial charge in [0.25, 0.3) is 10.0 Å². The molecular weight excluding hydrogens is 440 g/mol. The van der Waals surface area contributed by atoms with Gasteiger partial charge in [0.15, 0.2) is 0 Å². The predicted molar refractivity (Wildman–Crippen MR) is 132 cm³/mol. The molecule has 3 rings (SSSR count). The van der Waals surface area contributed by atoms with Gasteiger partial charge in [-0.05, 0) is 41.8 Å². The molecule has 0 atom stereocenters. The molecule has 1 amide bonds. The molecule has 0 unspecified atom stereocenters. The van der Waals surface area contributed by atoms with E-state index in [4.69, 9.17) is 0 Å². The van der Waals surface area contributed by atoms with E-state index in [-0.39, 0.29) is 17.3 Å². The molecule has 0 aliphatic carbocycles. The van der Waals surface area contributed by atoms with E-state index in [0.717, 1.165) is 23.5 Å². The molecule has 3 aromatic rings. The number of carbonyl (C=O) groups is 1. The van der Waals surface area contributed by atoms with Gasteiger partial charge in [-0.1, -0.05) is 67.6 Å². The number of nitrogens with one attached hydrogen (secondary N) is 1. The molecule has 0 aliphatic heterocycles. The number of carbonyl (C=O) groups excluding carboxylic acids is 1. The Morgan fingerprint density at radius 2 is 1.50 bits per heavy atom. The Hall–Kier alpha value is -2.77. The molecule has 0 fully saturated rings. The largest absolute Gasteiger partial charge is 0.354 e. The van der Waals surface area contributed by atoms with Crippen LogP contribution in [0, 0.1) is 0 Å². The van der Waals surface area contributed by atoms with E-state index in [1.165, 1.54) is 9.87 Å². The van der Waals surface area contributed by atoms with Gasteiger partial charge < -0.3 is 5.32 Å². The quantitative estimate of drug-likeness (QED) is 0.421.